The van der Waals surface area contributed by atoms with Crippen LogP contribution in [-0.2, 0) is 6.18 Å². The van der Waals surface area contributed by atoms with E-state index in [1.165, 1.54) is 43.5 Å². The number of nitrogens with one attached hydrogen (secondary N) is 1. The highest BCUT2D eigenvalue weighted by molar-refractivity contribution is 6.31. The highest BCUT2D eigenvalue weighted by atomic mass is 35.5. The van der Waals surface area contributed by atoms with Gasteiger partial charge < -0.3 is 14.5 Å². The van der Waals surface area contributed by atoms with Crippen molar-refractivity contribution in [2.24, 2.45) is 0 Å². The number of amides is 1. The van der Waals surface area contributed by atoms with Crippen LogP contribution in [0, 0.1) is 0 Å². The molecule has 27 heavy (non-hydrogen) atoms. The van der Waals surface area contributed by atoms with E-state index in [4.69, 9.17) is 20.8 Å². The predicted octanol–water partition coefficient (Wildman–Crippen LogP) is 5.88. The monoisotopic (exact) mass is 395 g/mol. The van der Waals surface area contributed by atoms with Crippen LogP contribution in [0.4, 0.5) is 18.9 Å². The van der Waals surface area contributed by atoms with Gasteiger partial charge in [0.2, 0.25) is 0 Å². The summed E-state index contributed by atoms with van der Waals surface area (Å²) in [6, 6.07) is 12.3. The van der Waals surface area contributed by atoms with Gasteiger partial charge in [0, 0.05) is 10.6 Å². The normalized spacial score (nSPS) is 11.3. The molecule has 1 N–H and O–H groups in total. The second-order valence-corrected chi connectivity index (χ2v) is 5.94. The zero-order valence-electron chi connectivity index (χ0n) is 13.9. The summed E-state index contributed by atoms with van der Waals surface area (Å²) in [6.07, 6.45) is -4.54. The van der Waals surface area contributed by atoms with Crippen LogP contribution in [0.25, 0.3) is 11.3 Å². The molecular weight excluding hydrogens is 383 g/mol. The van der Waals surface area contributed by atoms with Crippen LogP contribution in [0.1, 0.15) is 16.1 Å². The maximum Gasteiger partial charge on any atom is 0.417 e. The van der Waals surface area contributed by atoms with Crippen LogP contribution < -0.4 is 10.1 Å². The van der Waals surface area contributed by atoms with Gasteiger partial charge in [-0.05, 0) is 36.4 Å². The van der Waals surface area contributed by atoms with Gasteiger partial charge in [-0.15, -0.1) is 0 Å². The van der Waals surface area contributed by atoms with E-state index in [-0.39, 0.29) is 17.1 Å². The van der Waals surface area contributed by atoms with Crippen molar-refractivity contribution < 1.29 is 27.1 Å². The van der Waals surface area contributed by atoms with E-state index in [1.54, 1.807) is 12.1 Å². The van der Waals surface area contributed by atoms with Crippen LogP contribution in [0.3, 0.4) is 0 Å². The quantitative estimate of drug-likeness (QED) is 0.600. The molecule has 8 heteroatoms. The molecule has 4 nitrogen and oxygen atoms in total. The Labute approximate surface area is 157 Å². The smallest absolute Gasteiger partial charge is 0.417 e. The van der Waals surface area contributed by atoms with E-state index in [2.05, 4.69) is 5.32 Å². The largest absolute Gasteiger partial charge is 0.495 e. The van der Waals surface area contributed by atoms with Crippen molar-refractivity contribution in [1.29, 1.82) is 0 Å². The molecule has 0 fully saturated rings. The van der Waals surface area contributed by atoms with E-state index in [0.29, 0.717) is 16.5 Å². The zero-order valence-corrected chi connectivity index (χ0v) is 14.7. The number of methoxy groups -OCH3 is 1. The maximum atomic E-state index is 13.2. The molecule has 0 saturated heterocycles. The second kappa shape index (κ2) is 7.36. The predicted molar refractivity (Wildman–Crippen MR) is 95.1 cm³/mol. The van der Waals surface area contributed by atoms with Gasteiger partial charge in [-0.25, -0.2) is 0 Å². The van der Waals surface area contributed by atoms with Gasteiger partial charge in [-0.3, -0.25) is 4.79 Å². The summed E-state index contributed by atoms with van der Waals surface area (Å²) in [5, 5.41) is 2.94. The fourth-order valence-corrected chi connectivity index (χ4v) is 2.68. The number of hydrogen-bond donors (Lipinski definition) is 1. The van der Waals surface area contributed by atoms with Crippen molar-refractivity contribution in [3.63, 3.8) is 0 Å². The lowest BCUT2D eigenvalue weighted by molar-refractivity contribution is -0.137. The molecule has 0 spiro atoms. The number of benzene rings is 2. The lowest BCUT2D eigenvalue weighted by atomic mass is 10.1. The third kappa shape index (κ3) is 4.09. The third-order valence-corrected chi connectivity index (χ3v) is 3.97. The number of hydrogen-bond acceptors (Lipinski definition) is 3. The number of alkyl halides is 3. The highest BCUT2D eigenvalue weighted by Crippen LogP contribution is 2.37. The average molecular weight is 396 g/mol. The molecule has 140 valence electrons. The Hall–Kier alpha value is -2.93. The third-order valence-electron chi connectivity index (χ3n) is 3.74. The molecule has 0 aliphatic heterocycles. The summed E-state index contributed by atoms with van der Waals surface area (Å²) in [4.78, 5) is 12.4. The van der Waals surface area contributed by atoms with Gasteiger partial charge in [-0.1, -0.05) is 29.8 Å². The first-order valence-corrected chi connectivity index (χ1v) is 8.08. The summed E-state index contributed by atoms with van der Waals surface area (Å²) in [7, 11) is 1.43. The van der Waals surface area contributed by atoms with Crippen LogP contribution in [-0.4, -0.2) is 13.0 Å². The van der Waals surface area contributed by atoms with Crippen LogP contribution in [0.15, 0.2) is 59.0 Å². The average Bonchev–Trinajstić information content (AvgIpc) is 3.11. The molecule has 3 rings (SSSR count). The van der Waals surface area contributed by atoms with Gasteiger partial charge in [-0.2, -0.15) is 13.2 Å². The van der Waals surface area contributed by atoms with Crippen LogP contribution in [0.2, 0.25) is 5.02 Å². The topological polar surface area (TPSA) is 51.5 Å². The molecule has 0 saturated carbocycles. The molecule has 0 bridgehead atoms. The van der Waals surface area contributed by atoms with Crippen molar-refractivity contribution in [1.82, 2.24) is 0 Å². The Morgan fingerprint density at radius 1 is 1.11 bits per heavy atom. The Bertz CT molecular complexity index is 982. The van der Waals surface area contributed by atoms with Crippen molar-refractivity contribution in [3.8, 4) is 17.1 Å². The van der Waals surface area contributed by atoms with Gasteiger partial charge in [0.05, 0.1) is 18.4 Å². The minimum atomic E-state index is -4.54. The first kappa shape index (κ1) is 18.8. The molecular formula is C19H13ClF3NO3. The molecule has 1 amide bonds. The number of anilines is 1. The fourth-order valence-electron chi connectivity index (χ4n) is 2.51. The lowest BCUT2D eigenvalue weighted by Crippen LogP contribution is -2.11. The molecule has 0 radical (unpaired) electrons. The standard InChI is InChI=1S/C19H13ClF3NO3/c1-26-16-7-6-11(20)10-14(16)24-18(25)17-9-8-15(27-17)12-4-2-3-5-13(12)19(21,22)23/h2-10H,1H3,(H,24,25). The molecule has 2 aromatic carbocycles. The minimum Gasteiger partial charge on any atom is -0.495 e. The van der Waals surface area contributed by atoms with Crippen molar-refractivity contribution >= 4 is 23.2 Å². The number of carbonyl (C=O) groups excluding carboxylic acids is 1. The maximum absolute atomic E-state index is 13.2. The Morgan fingerprint density at radius 3 is 2.56 bits per heavy atom. The van der Waals surface area contributed by atoms with Crippen LogP contribution >= 0.6 is 11.6 Å². The van der Waals surface area contributed by atoms with Crippen molar-refractivity contribution in [2.45, 2.75) is 6.18 Å². The number of carbonyl (C=O) groups is 1. The SMILES string of the molecule is COc1ccc(Cl)cc1NC(=O)c1ccc(-c2ccccc2C(F)(F)F)o1. The minimum absolute atomic E-state index is 0.0638. The Morgan fingerprint density at radius 2 is 1.85 bits per heavy atom. The number of furan rings is 1. The van der Waals surface area contributed by atoms with Gasteiger partial charge >= 0.3 is 6.18 Å². The summed E-state index contributed by atoms with van der Waals surface area (Å²) < 4.78 is 50.0. The molecule has 1 aromatic heterocycles. The molecule has 0 unspecified atom stereocenters. The van der Waals surface area contributed by atoms with E-state index >= 15 is 0 Å². The fraction of sp³-hybridized carbons (Fsp3) is 0.105. The first-order chi connectivity index (χ1) is 12.8. The zero-order chi connectivity index (χ0) is 19.6. The van der Waals surface area contributed by atoms with Crippen molar-refractivity contribution in [3.05, 3.63) is 70.9 Å². The molecule has 0 atom stereocenters. The molecule has 3 aromatic rings. The Balaban J connectivity index is 1.89. The van der Waals surface area contributed by atoms with E-state index in [0.717, 1.165) is 6.07 Å². The number of halogens is 4. The number of rotatable bonds is 4. The summed E-state index contributed by atoms with van der Waals surface area (Å²) in [6.45, 7) is 0. The second-order valence-electron chi connectivity index (χ2n) is 5.51. The van der Waals surface area contributed by atoms with Gasteiger partial charge in [0.15, 0.2) is 5.76 Å². The van der Waals surface area contributed by atoms with E-state index in [1.807, 2.05) is 0 Å². The molecule has 0 aliphatic rings. The summed E-state index contributed by atoms with van der Waals surface area (Å²) in [5.74, 6) is -0.483. The lowest BCUT2D eigenvalue weighted by Gasteiger charge is -2.11. The number of ether oxygens (including phenoxy) is 1. The first-order valence-electron chi connectivity index (χ1n) is 7.71. The highest BCUT2D eigenvalue weighted by Gasteiger charge is 2.34. The summed E-state index contributed by atoms with van der Waals surface area (Å²) >= 11 is 5.91. The van der Waals surface area contributed by atoms with Crippen molar-refractivity contribution in [2.75, 3.05) is 12.4 Å². The molecule has 0 aliphatic carbocycles. The van der Waals surface area contributed by atoms with Gasteiger partial charge in [0.25, 0.3) is 5.91 Å². The van der Waals surface area contributed by atoms with Gasteiger partial charge in [0.1, 0.15) is 11.5 Å². The Kier molecular flexibility index (Phi) is 5.14. The van der Waals surface area contributed by atoms with E-state index < -0.39 is 17.6 Å². The summed E-state index contributed by atoms with van der Waals surface area (Å²) in [5.41, 5.74) is -0.684. The molecule has 1 heterocycles. The van der Waals surface area contributed by atoms with E-state index in [9.17, 15) is 18.0 Å². The van der Waals surface area contributed by atoms with Crippen LogP contribution in [0.5, 0.6) is 5.75 Å².